The number of ether oxygens (including phenoxy) is 1. The van der Waals surface area contributed by atoms with Gasteiger partial charge < -0.3 is 4.74 Å². The van der Waals surface area contributed by atoms with E-state index in [1.807, 2.05) is 0 Å². The van der Waals surface area contributed by atoms with Gasteiger partial charge in [-0.25, -0.2) is 4.90 Å². The Kier molecular flexibility index (Phi) is 3.00. The lowest BCUT2D eigenvalue weighted by Gasteiger charge is -2.17. The molecule has 0 atom stereocenters. The third-order valence-corrected chi connectivity index (χ3v) is 4.30. The topological polar surface area (TPSA) is 46.6 Å². The van der Waals surface area contributed by atoms with Crippen molar-refractivity contribution in [3.05, 3.63) is 58.1 Å². The SMILES string of the molecule is O=C1c2ccccc2C(=O)N1c1cc(Cl)c2c(c1)C(F)(F)C(F)(F)O2. The monoisotopic (exact) mass is 371 g/mol. The molecule has 0 spiro atoms. The molecule has 0 saturated carbocycles. The third kappa shape index (κ3) is 1.94. The van der Waals surface area contributed by atoms with E-state index in [1.54, 1.807) is 0 Å². The number of alkyl halides is 4. The fourth-order valence-corrected chi connectivity index (χ4v) is 3.07. The molecule has 2 aromatic rings. The molecule has 0 aromatic heterocycles. The number of carbonyl (C=O) groups is 2. The molecule has 128 valence electrons. The average molecular weight is 372 g/mol. The molecule has 25 heavy (non-hydrogen) atoms. The minimum atomic E-state index is -4.78. The maximum absolute atomic E-state index is 13.9. The van der Waals surface area contributed by atoms with Gasteiger partial charge in [0, 0.05) is 0 Å². The summed E-state index contributed by atoms with van der Waals surface area (Å²) in [7, 11) is 0. The maximum Gasteiger partial charge on any atom is 0.469 e. The van der Waals surface area contributed by atoms with Crippen molar-refractivity contribution in [2.75, 3.05) is 4.90 Å². The molecule has 0 fully saturated rings. The van der Waals surface area contributed by atoms with Crippen LogP contribution in [0.5, 0.6) is 5.75 Å². The van der Waals surface area contributed by atoms with Crippen LogP contribution in [0.25, 0.3) is 0 Å². The van der Waals surface area contributed by atoms with Crippen LogP contribution in [-0.4, -0.2) is 17.9 Å². The highest BCUT2D eigenvalue weighted by molar-refractivity contribution is 6.36. The Hall–Kier alpha value is -2.61. The van der Waals surface area contributed by atoms with Crippen molar-refractivity contribution >= 4 is 29.1 Å². The van der Waals surface area contributed by atoms with Gasteiger partial charge in [0.25, 0.3) is 11.8 Å². The van der Waals surface area contributed by atoms with Crippen molar-refractivity contribution in [1.82, 2.24) is 0 Å². The molecule has 4 nitrogen and oxygen atoms in total. The zero-order valence-corrected chi connectivity index (χ0v) is 12.8. The number of fused-ring (bicyclic) bond motifs is 2. The summed E-state index contributed by atoms with van der Waals surface area (Å²) in [6.45, 7) is 0. The van der Waals surface area contributed by atoms with Crippen molar-refractivity contribution in [2.45, 2.75) is 12.0 Å². The van der Waals surface area contributed by atoms with Crippen LogP contribution in [0.4, 0.5) is 23.2 Å². The predicted octanol–water partition coefficient (Wildman–Crippen LogP) is 4.22. The van der Waals surface area contributed by atoms with Gasteiger partial charge in [0.2, 0.25) is 0 Å². The number of carbonyl (C=O) groups excluding carboxylic acids is 2. The lowest BCUT2D eigenvalue weighted by atomic mass is 10.1. The summed E-state index contributed by atoms with van der Waals surface area (Å²) in [4.78, 5) is 25.4. The second kappa shape index (κ2) is 4.72. The van der Waals surface area contributed by atoms with E-state index >= 15 is 0 Å². The van der Waals surface area contributed by atoms with Gasteiger partial charge in [-0.1, -0.05) is 23.7 Å². The van der Waals surface area contributed by atoms with Crippen molar-refractivity contribution in [2.24, 2.45) is 0 Å². The van der Waals surface area contributed by atoms with Gasteiger partial charge >= 0.3 is 12.0 Å². The Morgan fingerprint density at radius 3 is 2.08 bits per heavy atom. The summed E-state index contributed by atoms with van der Waals surface area (Å²) in [5.41, 5.74) is -1.36. The molecular weight excluding hydrogens is 366 g/mol. The first kappa shape index (κ1) is 15.9. The normalized spacial score (nSPS) is 19.6. The highest BCUT2D eigenvalue weighted by Crippen LogP contribution is 2.56. The Morgan fingerprint density at radius 1 is 0.960 bits per heavy atom. The Labute approximate surface area is 142 Å². The van der Waals surface area contributed by atoms with Crippen LogP contribution in [0, 0.1) is 0 Å². The summed E-state index contributed by atoms with van der Waals surface area (Å²) in [6, 6.07) is 7.44. The molecule has 0 radical (unpaired) electrons. The van der Waals surface area contributed by atoms with E-state index in [1.165, 1.54) is 24.3 Å². The quantitative estimate of drug-likeness (QED) is 0.557. The van der Waals surface area contributed by atoms with Gasteiger partial charge in [-0.3, -0.25) is 9.59 Å². The zero-order chi connectivity index (χ0) is 18.1. The fraction of sp³-hybridized carbons (Fsp3) is 0.125. The van der Waals surface area contributed by atoms with E-state index in [9.17, 15) is 27.2 Å². The smallest absolute Gasteiger partial charge is 0.426 e. The van der Waals surface area contributed by atoms with Crippen LogP contribution in [0.2, 0.25) is 5.02 Å². The summed E-state index contributed by atoms with van der Waals surface area (Å²) in [5.74, 6) is -7.05. The second-order valence-electron chi connectivity index (χ2n) is 5.49. The van der Waals surface area contributed by atoms with Gasteiger partial charge in [0.15, 0.2) is 5.75 Å². The van der Waals surface area contributed by atoms with Crippen molar-refractivity contribution in [1.29, 1.82) is 0 Å². The minimum absolute atomic E-state index is 0.0810. The number of nitrogens with zero attached hydrogens (tertiary/aromatic N) is 1. The molecule has 9 heteroatoms. The van der Waals surface area contributed by atoms with E-state index in [-0.39, 0.29) is 16.8 Å². The molecule has 4 rings (SSSR count). The molecule has 2 aromatic carbocycles. The van der Waals surface area contributed by atoms with Crippen LogP contribution in [0.15, 0.2) is 36.4 Å². The Balaban J connectivity index is 1.87. The van der Waals surface area contributed by atoms with Crippen LogP contribution in [0.3, 0.4) is 0 Å². The van der Waals surface area contributed by atoms with Crippen LogP contribution < -0.4 is 9.64 Å². The molecule has 0 aliphatic carbocycles. The molecule has 0 N–H and O–H groups in total. The van der Waals surface area contributed by atoms with Crippen molar-refractivity contribution in [3.8, 4) is 5.75 Å². The van der Waals surface area contributed by atoms with E-state index in [4.69, 9.17) is 11.6 Å². The highest BCUT2D eigenvalue weighted by Gasteiger charge is 2.67. The molecule has 0 saturated heterocycles. The van der Waals surface area contributed by atoms with E-state index < -0.39 is 40.2 Å². The van der Waals surface area contributed by atoms with Gasteiger partial charge in [-0.2, -0.15) is 17.6 Å². The van der Waals surface area contributed by atoms with E-state index in [0.717, 1.165) is 6.07 Å². The predicted molar refractivity (Wildman–Crippen MR) is 78.5 cm³/mol. The van der Waals surface area contributed by atoms with Crippen LogP contribution in [0.1, 0.15) is 26.3 Å². The average Bonchev–Trinajstić information content (AvgIpc) is 2.90. The van der Waals surface area contributed by atoms with Crippen molar-refractivity contribution in [3.63, 3.8) is 0 Å². The lowest BCUT2D eigenvalue weighted by molar-refractivity contribution is -0.296. The number of imide groups is 1. The molecular formula is C16H6ClF4NO3. The Morgan fingerprint density at radius 2 is 1.52 bits per heavy atom. The number of anilines is 1. The van der Waals surface area contributed by atoms with Crippen molar-refractivity contribution < 1.29 is 31.9 Å². The molecule has 0 unspecified atom stereocenters. The number of amides is 2. The highest BCUT2D eigenvalue weighted by atomic mass is 35.5. The third-order valence-electron chi connectivity index (χ3n) is 4.01. The molecule has 2 aliphatic rings. The summed E-state index contributed by atoms with van der Waals surface area (Å²) in [6.07, 6.45) is -4.78. The van der Waals surface area contributed by atoms with Gasteiger partial charge in [0.1, 0.15) is 0 Å². The van der Waals surface area contributed by atoms with Gasteiger partial charge in [-0.15, -0.1) is 0 Å². The number of hydrogen-bond donors (Lipinski definition) is 0. The molecule has 0 bridgehead atoms. The first-order chi connectivity index (χ1) is 11.6. The number of rotatable bonds is 1. The first-order valence-corrected chi connectivity index (χ1v) is 7.29. The fourth-order valence-electron chi connectivity index (χ4n) is 2.82. The zero-order valence-electron chi connectivity index (χ0n) is 12.0. The molecule has 2 aliphatic heterocycles. The largest absolute Gasteiger partial charge is 0.469 e. The summed E-state index contributed by atoms with van der Waals surface area (Å²) < 4.78 is 58.6. The molecule has 2 amide bonds. The number of benzene rings is 2. The van der Waals surface area contributed by atoms with Gasteiger partial charge in [0.05, 0.1) is 27.4 Å². The number of hydrogen-bond acceptors (Lipinski definition) is 3. The lowest BCUT2D eigenvalue weighted by Crippen LogP contribution is -2.37. The minimum Gasteiger partial charge on any atom is -0.426 e. The maximum atomic E-state index is 13.9. The van der Waals surface area contributed by atoms with E-state index in [0.29, 0.717) is 11.0 Å². The van der Waals surface area contributed by atoms with E-state index in [2.05, 4.69) is 4.74 Å². The Bertz CT molecular complexity index is 925. The first-order valence-electron chi connectivity index (χ1n) is 6.91. The van der Waals surface area contributed by atoms with Gasteiger partial charge in [-0.05, 0) is 24.3 Å². The number of halogens is 5. The summed E-state index contributed by atoms with van der Waals surface area (Å²) >= 11 is 5.77. The summed E-state index contributed by atoms with van der Waals surface area (Å²) in [5, 5.41) is -0.555. The van der Waals surface area contributed by atoms with Crippen LogP contribution >= 0.6 is 11.6 Å². The second-order valence-corrected chi connectivity index (χ2v) is 5.90. The molecule has 2 heterocycles. The van der Waals surface area contributed by atoms with Crippen LogP contribution in [-0.2, 0) is 5.92 Å². The standard InChI is InChI=1S/C16H6ClF4NO3/c17-11-6-7(5-10-12(11)25-16(20,21)15(10,18)19)22-13(23)8-3-1-2-4-9(8)14(22)24/h1-6H.